The molecule has 1 fully saturated rings. The highest BCUT2D eigenvalue weighted by Gasteiger charge is 2.32. The van der Waals surface area contributed by atoms with Crippen molar-refractivity contribution in [3.63, 3.8) is 0 Å². The molecule has 1 unspecified atom stereocenters. The molecule has 2 heterocycles. The fraction of sp³-hybridized carbons (Fsp3) is 0.556. The first kappa shape index (κ1) is 12.8. The molecule has 8 heteroatoms. The second kappa shape index (κ2) is 4.91. The third kappa shape index (κ3) is 3.65. The lowest BCUT2D eigenvalue weighted by atomic mass is 10.1. The van der Waals surface area contributed by atoms with Crippen molar-refractivity contribution in [2.75, 3.05) is 12.3 Å². The molecule has 0 aliphatic carbocycles. The Hall–Kier alpha value is -0.660. The van der Waals surface area contributed by atoms with Crippen LogP contribution < -0.4 is 0 Å². The quantitative estimate of drug-likeness (QED) is 0.779. The number of thiazole rings is 1. The minimum atomic E-state index is -3.54. The molecule has 2 rings (SSSR count). The number of aromatic nitrogens is 1. The van der Waals surface area contributed by atoms with Crippen LogP contribution in [0.4, 0.5) is 0 Å². The van der Waals surface area contributed by atoms with Crippen molar-refractivity contribution in [2.45, 2.75) is 13.0 Å². The summed E-state index contributed by atoms with van der Waals surface area (Å²) in [6, 6.07) is 0. The number of likely N-dealkylation sites (tertiary alicyclic amines) is 1. The lowest BCUT2D eigenvalue weighted by Crippen LogP contribution is -2.25. The summed E-state index contributed by atoms with van der Waals surface area (Å²) in [6.45, 7) is 0.878. The van der Waals surface area contributed by atoms with Gasteiger partial charge >= 0.3 is 0 Å². The maximum absolute atomic E-state index is 11.7. The Morgan fingerprint density at radius 1 is 1.59 bits per heavy atom. The average Bonchev–Trinajstić information content (AvgIpc) is 2.75. The molecule has 1 aromatic rings. The number of halogens is 1. The monoisotopic (exact) mass is 294 g/mol. The SMILES string of the molecule is O=C1CC(CS(=O)(=O)Cl)CN1Cc1cscn1. The molecule has 0 N–H and O–H groups in total. The topological polar surface area (TPSA) is 67.3 Å². The van der Waals surface area contributed by atoms with Gasteiger partial charge < -0.3 is 4.90 Å². The van der Waals surface area contributed by atoms with Crippen LogP contribution in [0.15, 0.2) is 10.9 Å². The van der Waals surface area contributed by atoms with Gasteiger partial charge in [-0.15, -0.1) is 11.3 Å². The fourth-order valence-electron chi connectivity index (χ4n) is 1.91. The van der Waals surface area contributed by atoms with Gasteiger partial charge in [0.1, 0.15) is 0 Å². The summed E-state index contributed by atoms with van der Waals surface area (Å²) in [5.74, 6) is -0.389. The number of carbonyl (C=O) groups is 1. The van der Waals surface area contributed by atoms with Crippen LogP contribution in [0.1, 0.15) is 12.1 Å². The molecular formula is C9H11ClN2O3S2. The summed E-state index contributed by atoms with van der Waals surface area (Å²) in [6.07, 6.45) is 0.246. The van der Waals surface area contributed by atoms with Crippen LogP contribution in [0.5, 0.6) is 0 Å². The Kier molecular flexibility index (Phi) is 3.70. The Morgan fingerprint density at radius 3 is 2.94 bits per heavy atom. The molecule has 0 spiro atoms. The van der Waals surface area contributed by atoms with E-state index >= 15 is 0 Å². The van der Waals surface area contributed by atoms with Crippen molar-refractivity contribution in [1.29, 1.82) is 0 Å². The van der Waals surface area contributed by atoms with Crippen LogP contribution in [-0.2, 0) is 20.4 Å². The van der Waals surface area contributed by atoms with Crippen molar-refractivity contribution < 1.29 is 13.2 Å². The predicted octanol–water partition coefficient (Wildman–Crippen LogP) is 1.06. The summed E-state index contributed by atoms with van der Waals surface area (Å²) in [5.41, 5.74) is 2.54. The molecule has 1 aromatic heterocycles. The maximum Gasteiger partial charge on any atom is 0.232 e. The highest BCUT2D eigenvalue weighted by atomic mass is 35.7. The minimum absolute atomic E-state index is 0.0386. The summed E-state index contributed by atoms with van der Waals surface area (Å²) in [7, 11) is 1.65. The van der Waals surface area contributed by atoms with Crippen LogP contribution in [0.2, 0.25) is 0 Å². The molecule has 5 nitrogen and oxygen atoms in total. The Labute approximate surface area is 108 Å². The highest BCUT2D eigenvalue weighted by Crippen LogP contribution is 2.22. The van der Waals surface area contributed by atoms with Gasteiger partial charge in [-0.1, -0.05) is 0 Å². The third-order valence-electron chi connectivity index (χ3n) is 2.57. The van der Waals surface area contributed by atoms with E-state index in [0.717, 1.165) is 5.69 Å². The van der Waals surface area contributed by atoms with E-state index in [1.807, 2.05) is 5.38 Å². The molecule has 1 aliphatic rings. The molecule has 0 aromatic carbocycles. The van der Waals surface area contributed by atoms with Gasteiger partial charge in [0, 0.05) is 34.9 Å². The van der Waals surface area contributed by atoms with E-state index in [9.17, 15) is 13.2 Å². The predicted molar refractivity (Wildman–Crippen MR) is 65.3 cm³/mol. The summed E-state index contributed by atoms with van der Waals surface area (Å²) in [5, 5.41) is 1.87. The second-order valence-electron chi connectivity index (χ2n) is 4.03. The van der Waals surface area contributed by atoms with Gasteiger partial charge in [-0.05, 0) is 0 Å². The van der Waals surface area contributed by atoms with Crippen LogP contribution in [0.3, 0.4) is 0 Å². The zero-order valence-corrected chi connectivity index (χ0v) is 11.3. The smallest absolute Gasteiger partial charge is 0.232 e. The van der Waals surface area contributed by atoms with Crippen molar-refractivity contribution in [2.24, 2.45) is 5.92 Å². The summed E-state index contributed by atoms with van der Waals surface area (Å²) in [4.78, 5) is 17.4. The van der Waals surface area contributed by atoms with E-state index in [-0.39, 0.29) is 24.0 Å². The zero-order valence-electron chi connectivity index (χ0n) is 8.87. The Morgan fingerprint density at radius 2 is 2.35 bits per heavy atom. The maximum atomic E-state index is 11.7. The van der Waals surface area contributed by atoms with Gasteiger partial charge in [0.15, 0.2) is 0 Å². The lowest BCUT2D eigenvalue weighted by molar-refractivity contribution is -0.128. The molecule has 0 saturated carbocycles. The van der Waals surface area contributed by atoms with E-state index in [4.69, 9.17) is 10.7 Å². The Bertz CT molecular complexity index is 500. The largest absolute Gasteiger partial charge is 0.336 e. The Balaban J connectivity index is 1.96. The van der Waals surface area contributed by atoms with Gasteiger partial charge in [0.2, 0.25) is 15.0 Å². The van der Waals surface area contributed by atoms with Crippen LogP contribution in [-0.4, -0.2) is 36.5 Å². The molecule has 0 radical (unpaired) electrons. The van der Waals surface area contributed by atoms with E-state index in [2.05, 4.69) is 4.98 Å². The molecule has 17 heavy (non-hydrogen) atoms. The zero-order chi connectivity index (χ0) is 12.5. The fourth-order valence-corrected chi connectivity index (χ4v) is 3.78. The standard InChI is InChI=1S/C9H11ClN2O3S2/c10-17(14,15)5-7-1-9(13)12(2-7)3-8-4-16-6-11-8/h4,6-7H,1-3,5H2. The second-order valence-corrected chi connectivity index (χ2v) is 7.57. The average molecular weight is 295 g/mol. The number of hydrogen-bond donors (Lipinski definition) is 0. The molecular weight excluding hydrogens is 284 g/mol. The van der Waals surface area contributed by atoms with E-state index in [1.54, 1.807) is 10.4 Å². The summed E-state index contributed by atoms with van der Waals surface area (Å²) < 4.78 is 21.9. The first-order valence-corrected chi connectivity index (χ1v) is 8.43. The molecule has 0 bridgehead atoms. The van der Waals surface area contributed by atoms with Gasteiger partial charge in [-0.25, -0.2) is 13.4 Å². The molecule has 1 atom stereocenters. The van der Waals surface area contributed by atoms with E-state index in [0.29, 0.717) is 13.1 Å². The number of nitrogens with zero attached hydrogens (tertiary/aromatic N) is 2. The highest BCUT2D eigenvalue weighted by molar-refractivity contribution is 8.13. The lowest BCUT2D eigenvalue weighted by Gasteiger charge is -2.14. The molecule has 94 valence electrons. The van der Waals surface area contributed by atoms with Crippen LogP contribution >= 0.6 is 22.0 Å². The number of carbonyl (C=O) groups excluding carboxylic acids is 1. The van der Waals surface area contributed by atoms with Crippen molar-refractivity contribution in [3.05, 3.63) is 16.6 Å². The van der Waals surface area contributed by atoms with Gasteiger partial charge in [-0.2, -0.15) is 0 Å². The number of amides is 1. The molecule has 1 aliphatic heterocycles. The first-order valence-electron chi connectivity index (χ1n) is 5.01. The molecule has 1 amide bonds. The third-order valence-corrected chi connectivity index (χ3v) is 4.45. The van der Waals surface area contributed by atoms with Crippen molar-refractivity contribution in [3.8, 4) is 0 Å². The van der Waals surface area contributed by atoms with Crippen LogP contribution in [0, 0.1) is 5.92 Å². The van der Waals surface area contributed by atoms with Gasteiger partial charge in [-0.3, -0.25) is 4.79 Å². The van der Waals surface area contributed by atoms with Crippen LogP contribution in [0.25, 0.3) is 0 Å². The minimum Gasteiger partial charge on any atom is -0.336 e. The van der Waals surface area contributed by atoms with E-state index < -0.39 is 9.05 Å². The van der Waals surface area contributed by atoms with Crippen molar-refractivity contribution >= 4 is 37.0 Å². The normalized spacial score (nSPS) is 21.1. The number of rotatable bonds is 4. The van der Waals surface area contributed by atoms with Crippen molar-refractivity contribution in [1.82, 2.24) is 9.88 Å². The van der Waals surface area contributed by atoms with Gasteiger partial charge in [0.25, 0.3) is 0 Å². The first-order chi connectivity index (χ1) is 7.94. The number of hydrogen-bond acceptors (Lipinski definition) is 5. The van der Waals surface area contributed by atoms with Gasteiger partial charge in [0.05, 0.1) is 23.5 Å². The summed E-state index contributed by atoms with van der Waals surface area (Å²) >= 11 is 1.47. The molecule has 1 saturated heterocycles. The van der Waals surface area contributed by atoms with E-state index in [1.165, 1.54) is 11.3 Å².